The molecule has 0 atom stereocenters. The van der Waals surface area contributed by atoms with E-state index in [0.717, 1.165) is 29.7 Å². The Bertz CT molecular complexity index is 1070. The first kappa shape index (κ1) is 20.0. The number of benzene rings is 2. The number of rotatable bonds is 5. The molecule has 6 heteroatoms. The molecule has 1 amide bonds. The van der Waals surface area contributed by atoms with Crippen molar-refractivity contribution in [1.82, 2.24) is 4.98 Å². The molecule has 0 spiro atoms. The van der Waals surface area contributed by atoms with Crippen molar-refractivity contribution in [1.29, 1.82) is 0 Å². The van der Waals surface area contributed by atoms with Gasteiger partial charge in [-0.1, -0.05) is 11.6 Å². The number of aryl methyl sites for hydroxylation is 1. The first-order valence-corrected chi connectivity index (χ1v) is 10.3. The fraction of sp³-hybridized carbons (Fsp3) is 0.333. The number of carbonyl (C=O) groups excluding carboxylic acids is 1. The summed E-state index contributed by atoms with van der Waals surface area (Å²) in [6.45, 7) is 4.09. The van der Waals surface area contributed by atoms with Crippen molar-refractivity contribution in [3.63, 3.8) is 0 Å². The Hall–Kier alpha value is -3.28. The molecule has 1 N–H and O–H groups in total. The fourth-order valence-electron chi connectivity index (χ4n) is 3.94. The van der Waals surface area contributed by atoms with Gasteiger partial charge in [0, 0.05) is 35.9 Å². The van der Waals surface area contributed by atoms with E-state index in [1.807, 2.05) is 18.2 Å². The van der Waals surface area contributed by atoms with Gasteiger partial charge in [0.15, 0.2) is 11.5 Å². The van der Waals surface area contributed by atoms with Crippen LogP contribution < -0.4 is 19.7 Å². The minimum atomic E-state index is -0.247. The van der Waals surface area contributed by atoms with Crippen LogP contribution in [-0.2, 0) is 0 Å². The molecule has 30 heavy (non-hydrogen) atoms. The number of aromatic nitrogens is 1. The molecule has 1 saturated heterocycles. The van der Waals surface area contributed by atoms with E-state index in [9.17, 15) is 4.79 Å². The van der Waals surface area contributed by atoms with Gasteiger partial charge >= 0.3 is 0 Å². The Balaban J connectivity index is 1.69. The molecule has 156 valence electrons. The Morgan fingerprint density at radius 3 is 2.47 bits per heavy atom. The quantitative estimate of drug-likeness (QED) is 0.660. The molecule has 1 aliphatic rings. The largest absolute Gasteiger partial charge is 0.493 e. The average Bonchev–Trinajstić information content (AvgIpc) is 2.78. The van der Waals surface area contributed by atoms with E-state index in [4.69, 9.17) is 9.47 Å². The van der Waals surface area contributed by atoms with Gasteiger partial charge in [0.25, 0.3) is 5.91 Å². The standard InChI is InChI=1S/C24H27N3O3/c1-16-7-9-19-18(13-16)21(27-11-5-4-6-12-27)15-20(26-19)24(28)25-17-8-10-22(29-2)23(14-17)30-3/h7-10,13-15H,4-6,11-12H2,1-3H3,(H,25,28). The maximum atomic E-state index is 13.0. The highest BCUT2D eigenvalue weighted by Gasteiger charge is 2.19. The van der Waals surface area contributed by atoms with E-state index in [0.29, 0.717) is 22.9 Å². The van der Waals surface area contributed by atoms with E-state index in [1.165, 1.54) is 24.8 Å². The van der Waals surface area contributed by atoms with E-state index < -0.39 is 0 Å². The Kier molecular flexibility index (Phi) is 5.74. The summed E-state index contributed by atoms with van der Waals surface area (Å²) in [5.74, 6) is 0.927. The number of methoxy groups -OCH3 is 2. The van der Waals surface area contributed by atoms with Crippen LogP contribution in [0.3, 0.4) is 0 Å². The smallest absolute Gasteiger partial charge is 0.274 e. The van der Waals surface area contributed by atoms with Crippen molar-refractivity contribution in [2.75, 3.05) is 37.5 Å². The number of hydrogen-bond acceptors (Lipinski definition) is 5. The maximum absolute atomic E-state index is 13.0. The predicted octanol–water partition coefficient (Wildman–Crippen LogP) is 4.80. The summed E-state index contributed by atoms with van der Waals surface area (Å²) in [6.07, 6.45) is 3.59. The van der Waals surface area contributed by atoms with Crippen molar-refractivity contribution in [3.8, 4) is 11.5 Å². The zero-order valence-corrected chi connectivity index (χ0v) is 17.7. The normalized spacial score (nSPS) is 13.9. The Morgan fingerprint density at radius 1 is 0.967 bits per heavy atom. The highest BCUT2D eigenvalue weighted by Crippen LogP contribution is 2.32. The molecule has 2 aromatic carbocycles. The molecule has 0 saturated carbocycles. The summed E-state index contributed by atoms with van der Waals surface area (Å²) in [7, 11) is 3.15. The molecular weight excluding hydrogens is 378 g/mol. The number of piperidine rings is 1. The molecule has 2 heterocycles. The van der Waals surface area contributed by atoms with Crippen molar-refractivity contribution in [2.45, 2.75) is 26.2 Å². The lowest BCUT2D eigenvalue weighted by molar-refractivity contribution is 0.102. The molecule has 3 aromatic rings. The van der Waals surface area contributed by atoms with Crippen LogP contribution in [0, 0.1) is 6.92 Å². The van der Waals surface area contributed by atoms with Gasteiger partial charge in [-0.25, -0.2) is 4.98 Å². The van der Waals surface area contributed by atoms with Crippen molar-refractivity contribution >= 4 is 28.2 Å². The van der Waals surface area contributed by atoms with Gasteiger partial charge in [-0.15, -0.1) is 0 Å². The van der Waals surface area contributed by atoms with Crippen LogP contribution in [0.25, 0.3) is 10.9 Å². The highest BCUT2D eigenvalue weighted by atomic mass is 16.5. The van der Waals surface area contributed by atoms with E-state index in [2.05, 4.69) is 28.2 Å². The topological polar surface area (TPSA) is 63.7 Å². The lowest BCUT2D eigenvalue weighted by atomic mass is 10.1. The van der Waals surface area contributed by atoms with Gasteiger partial charge in [-0.05, 0) is 56.5 Å². The second kappa shape index (κ2) is 8.61. The summed E-state index contributed by atoms with van der Waals surface area (Å²) >= 11 is 0. The monoisotopic (exact) mass is 405 g/mol. The zero-order chi connectivity index (χ0) is 21.1. The molecular formula is C24H27N3O3. The van der Waals surface area contributed by atoms with E-state index in [1.54, 1.807) is 32.4 Å². The zero-order valence-electron chi connectivity index (χ0n) is 17.7. The SMILES string of the molecule is COc1ccc(NC(=O)c2cc(N3CCCCC3)c3cc(C)ccc3n2)cc1OC. The third-order valence-electron chi connectivity index (χ3n) is 5.51. The summed E-state index contributed by atoms with van der Waals surface area (Å²) in [5, 5.41) is 4.03. The lowest BCUT2D eigenvalue weighted by Gasteiger charge is -2.30. The maximum Gasteiger partial charge on any atom is 0.274 e. The number of nitrogens with one attached hydrogen (secondary N) is 1. The molecule has 6 nitrogen and oxygen atoms in total. The van der Waals surface area contributed by atoms with Gasteiger partial charge in [0.1, 0.15) is 5.69 Å². The average molecular weight is 405 g/mol. The van der Waals surface area contributed by atoms with Gasteiger partial charge in [-0.3, -0.25) is 4.79 Å². The first-order chi connectivity index (χ1) is 14.6. The summed E-state index contributed by atoms with van der Waals surface area (Å²) in [4.78, 5) is 20.1. The Labute approximate surface area is 176 Å². The van der Waals surface area contributed by atoms with E-state index in [-0.39, 0.29) is 5.91 Å². The molecule has 1 aliphatic heterocycles. The number of ether oxygens (including phenoxy) is 2. The molecule has 4 rings (SSSR count). The van der Waals surface area contributed by atoms with Crippen molar-refractivity contribution < 1.29 is 14.3 Å². The lowest BCUT2D eigenvalue weighted by Crippen LogP contribution is -2.30. The first-order valence-electron chi connectivity index (χ1n) is 10.3. The van der Waals surface area contributed by atoms with Crippen LogP contribution in [0.4, 0.5) is 11.4 Å². The van der Waals surface area contributed by atoms with Crippen LogP contribution in [0.5, 0.6) is 11.5 Å². The number of amides is 1. The molecule has 1 aromatic heterocycles. The third kappa shape index (κ3) is 4.03. The second-order valence-electron chi connectivity index (χ2n) is 7.62. The predicted molar refractivity (Wildman–Crippen MR) is 120 cm³/mol. The number of pyridine rings is 1. The Morgan fingerprint density at radius 2 is 1.73 bits per heavy atom. The number of fused-ring (bicyclic) bond motifs is 1. The summed E-state index contributed by atoms with van der Waals surface area (Å²) in [5.41, 5.74) is 4.14. The third-order valence-corrected chi connectivity index (χ3v) is 5.51. The molecule has 0 aliphatic carbocycles. The number of anilines is 2. The summed E-state index contributed by atoms with van der Waals surface area (Å²) in [6, 6.07) is 13.4. The van der Waals surface area contributed by atoms with Crippen LogP contribution >= 0.6 is 0 Å². The summed E-state index contributed by atoms with van der Waals surface area (Å²) < 4.78 is 10.6. The second-order valence-corrected chi connectivity index (χ2v) is 7.62. The van der Waals surface area contributed by atoms with Crippen LogP contribution in [0.2, 0.25) is 0 Å². The number of nitrogens with zero attached hydrogens (tertiary/aromatic N) is 2. The minimum Gasteiger partial charge on any atom is -0.493 e. The number of hydrogen-bond donors (Lipinski definition) is 1. The van der Waals surface area contributed by atoms with Crippen molar-refractivity contribution in [2.24, 2.45) is 0 Å². The molecule has 1 fully saturated rings. The van der Waals surface area contributed by atoms with Crippen LogP contribution in [0.1, 0.15) is 35.3 Å². The van der Waals surface area contributed by atoms with Gasteiger partial charge in [-0.2, -0.15) is 0 Å². The van der Waals surface area contributed by atoms with Gasteiger partial charge < -0.3 is 19.7 Å². The highest BCUT2D eigenvalue weighted by molar-refractivity contribution is 6.06. The molecule has 0 bridgehead atoms. The van der Waals surface area contributed by atoms with Crippen molar-refractivity contribution in [3.05, 3.63) is 53.7 Å². The van der Waals surface area contributed by atoms with E-state index >= 15 is 0 Å². The minimum absolute atomic E-state index is 0.247. The fourth-order valence-corrected chi connectivity index (χ4v) is 3.94. The van der Waals surface area contributed by atoms with Crippen LogP contribution in [0.15, 0.2) is 42.5 Å². The van der Waals surface area contributed by atoms with Gasteiger partial charge in [0.05, 0.1) is 19.7 Å². The number of carbonyl (C=O) groups is 1. The van der Waals surface area contributed by atoms with Crippen LogP contribution in [-0.4, -0.2) is 38.2 Å². The van der Waals surface area contributed by atoms with Gasteiger partial charge in [0.2, 0.25) is 0 Å². The molecule has 0 unspecified atom stereocenters. The molecule has 0 radical (unpaired) electrons.